The van der Waals surface area contributed by atoms with Crippen LogP contribution in [0.15, 0.2) is 78.4 Å². The Morgan fingerprint density at radius 2 is 2.07 bits per heavy atom. The number of hydrogen-bond acceptors (Lipinski definition) is 13. The highest BCUT2D eigenvalue weighted by atomic mass is 32.2. The number of aliphatic carboxylic acids is 1. The number of carboxylic acid groups (broad SMARTS) is 1. The number of carboxylic acids is 1. The summed E-state index contributed by atoms with van der Waals surface area (Å²) in [6, 6.07) is 8.03. The van der Waals surface area contributed by atoms with Crippen molar-refractivity contribution in [1.29, 1.82) is 0 Å². The van der Waals surface area contributed by atoms with Gasteiger partial charge in [-0.05, 0) is 22.6 Å². The molecule has 1 aromatic carbocycles. The fourth-order valence-electron chi connectivity index (χ4n) is 4.26. The van der Waals surface area contributed by atoms with Crippen LogP contribution < -0.4 is 22.2 Å². The Bertz CT molecular complexity index is 1800. The van der Waals surface area contributed by atoms with Gasteiger partial charge in [0.1, 0.15) is 29.9 Å². The number of aromatic nitrogens is 4. The van der Waals surface area contributed by atoms with Gasteiger partial charge in [-0.15, -0.1) is 28.2 Å². The number of hydrogen-bond donors (Lipinski definition) is 4. The zero-order chi connectivity index (χ0) is 30.7. The third-order valence-electron chi connectivity index (χ3n) is 6.20. The summed E-state index contributed by atoms with van der Waals surface area (Å²) in [5.74, 6) is -2.47. The van der Waals surface area contributed by atoms with Crippen molar-refractivity contribution in [1.82, 2.24) is 30.0 Å². The number of carbonyl (C=O) groups excluding carboxylic acids is 2. The van der Waals surface area contributed by atoms with E-state index in [2.05, 4.69) is 25.7 Å². The molecule has 1 fully saturated rings. The van der Waals surface area contributed by atoms with Crippen LogP contribution in [0.25, 0.3) is 0 Å². The molecule has 5 rings (SSSR count). The molecule has 2 unspecified atom stereocenters. The molecule has 222 valence electrons. The molecule has 2 amide bonds. The second-order valence-electron chi connectivity index (χ2n) is 8.87. The van der Waals surface area contributed by atoms with Crippen LogP contribution in [0.3, 0.4) is 0 Å². The van der Waals surface area contributed by atoms with Gasteiger partial charge in [-0.1, -0.05) is 47.2 Å². The van der Waals surface area contributed by atoms with Crippen molar-refractivity contribution in [2.24, 2.45) is 5.16 Å². The minimum atomic E-state index is -1.32. The molecule has 0 bridgehead atoms. The Morgan fingerprint density at radius 3 is 2.74 bits per heavy atom. The Balaban J connectivity index is 1.33. The number of nitrogens with one attached hydrogen (secondary N) is 2. The molecular weight excluding hydrogens is 621 g/mol. The maximum absolute atomic E-state index is 13.1. The maximum atomic E-state index is 13.1. The molecule has 3 aromatic rings. The van der Waals surface area contributed by atoms with Crippen molar-refractivity contribution < 1.29 is 24.3 Å². The van der Waals surface area contributed by atoms with Crippen molar-refractivity contribution in [2.75, 3.05) is 18.6 Å². The maximum Gasteiger partial charge on any atom is 0.352 e. The van der Waals surface area contributed by atoms with Crippen LogP contribution in [-0.4, -0.2) is 77.5 Å². The molecule has 4 heterocycles. The average Bonchev–Trinajstić information content (AvgIpc) is 3.43. The topological polar surface area (TPSA) is 215 Å². The Kier molecular flexibility index (Phi) is 8.78. The van der Waals surface area contributed by atoms with Gasteiger partial charge < -0.3 is 21.0 Å². The first-order valence-electron chi connectivity index (χ1n) is 12.3. The second kappa shape index (κ2) is 12.7. The molecule has 1 saturated heterocycles. The Morgan fingerprint density at radius 1 is 1.30 bits per heavy atom. The standard InChI is InChI=1S/C25H22N8O7S3/c1-40-31-15(14-11-43-24(26)27-14)18(34)28-16-20(36)33-17(23(38)39)13(10-42-22(16)33)7-8-41-25-30-29-19(35)21(37)32(25)9-12-5-3-2-4-6-12/h2-8,11,16,22H,9-10H2,1H3,(H2,26,27)(H,28,34)(H,29,35)(H,38,39)/b8-7+,31-15-. The molecule has 5 N–H and O–H groups in total. The van der Waals surface area contributed by atoms with Crippen LogP contribution >= 0.6 is 34.9 Å². The SMILES string of the molecule is CO/N=C(\C(=O)NC1C(=O)N2C(C(=O)O)=C(/C=C/Sc3n[nH]c(=O)c(=O)n3Cc3ccccc3)CSC12)c1csc(N)n1. The van der Waals surface area contributed by atoms with E-state index in [0.717, 1.165) is 33.6 Å². The van der Waals surface area contributed by atoms with Crippen LogP contribution in [-0.2, 0) is 25.8 Å². The van der Waals surface area contributed by atoms with Crippen molar-refractivity contribution in [3.8, 4) is 0 Å². The van der Waals surface area contributed by atoms with Gasteiger partial charge in [0.15, 0.2) is 16.0 Å². The number of carbonyl (C=O) groups is 3. The molecule has 15 nitrogen and oxygen atoms in total. The molecule has 0 radical (unpaired) electrons. The largest absolute Gasteiger partial charge is 0.477 e. The Hall–Kier alpha value is -4.68. The molecule has 2 aliphatic rings. The number of β-lactam (4-membered cyclic amide) rings is 1. The number of amides is 2. The van der Waals surface area contributed by atoms with Crippen LogP contribution in [0.5, 0.6) is 0 Å². The normalized spacial score (nSPS) is 18.4. The minimum absolute atomic E-state index is 0.107. The van der Waals surface area contributed by atoms with E-state index in [9.17, 15) is 29.1 Å². The lowest BCUT2D eigenvalue weighted by Gasteiger charge is -2.49. The number of anilines is 1. The number of allylic oxidation sites excluding steroid dienone is 1. The summed E-state index contributed by atoms with van der Waals surface area (Å²) in [4.78, 5) is 72.6. The summed E-state index contributed by atoms with van der Waals surface area (Å²) < 4.78 is 1.22. The van der Waals surface area contributed by atoms with Gasteiger partial charge in [-0.25, -0.2) is 14.9 Å². The lowest BCUT2D eigenvalue weighted by atomic mass is 10.0. The summed E-state index contributed by atoms with van der Waals surface area (Å²) in [6.45, 7) is 0.107. The first-order chi connectivity index (χ1) is 20.7. The van der Waals surface area contributed by atoms with E-state index in [-0.39, 0.29) is 39.7 Å². The van der Waals surface area contributed by atoms with Gasteiger partial charge in [0.25, 0.3) is 11.8 Å². The molecule has 0 spiro atoms. The summed E-state index contributed by atoms with van der Waals surface area (Å²) in [6.07, 6.45) is 1.51. The molecule has 2 atom stereocenters. The number of thiazole rings is 1. The summed E-state index contributed by atoms with van der Waals surface area (Å²) >= 11 is 3.36. The highest BCUT2D eigenvalue weighted by Gasteiger charge is 2.54. The molecule has 43 heavy (non-hydrogen) atoms. The number of thioether (sulfide) groups is 2. The van der Waals surface area contributed by atoms with Crippen molar-refractivity contribution >= 4 is 63.5 Å². The number of nitrogen functional groups attached to an aromatic ring is 1. The van der Waals surface area contributed by atoms with Gasteiger partial charge in [0.05, 0.1) is 6.54 Å². The van der Waals surface area contributed by atoms with Crippen LogP contribution in [0.4, 0.5) is 5.13 Å². The molecular formula is C25H22N8O7S3. The van der Waals surface area contributed by atoms with Gasteiger partial charge in [-0.2, -0.15) is 0 Å². The number of nitrogens with zero attached hydrogens (tertiary/aromatic N) is 5. The summed E-state index contributed by atoms with van der Waals surface area (Å²) in [5.41, 5.74) is 4.87. The van der Waals surface area contributed by atoms with Crippen molar-refractivity contribution in [3.63, 3.8) is 0 Å². The molecule has 2 aromatic heterocycles. The Labute approximate surface area is 254 Å². The fourth-order valence-corrected chi connectivity index (χ4v) is 6.85. The number of fused-ring (bicyclic) bond motifs is 1. The van der Waals surface area contributed by atoms with Crippen molar-refractivity contribution in [2.45, 2.75) is 23.1 Å². The van der Waals surface area contributed by atoms with Gasteiger partial charge in [0, 0.05) is 11.1 Å². The lowest BCUT2D eigenvalue weighted by molar-refractivity contribution is -0.150. The zero-order valence-corrected chi connectivity index (χ0v) is 24.6. The molecule has 0 saturated carbocycles. The number of oxime groups is 1. The predicted molar refractivity (Wildman–Crippen MR) is 159 cm³/mol. The summed E-state index contributed by atoms with van der Waals surface area (Å²) in [7, 11) is 1.25. The fraction of sp³-hybridized carbons (Fsp3) is 0.200. The number of benzene rings is 1. The van der Waals surface area contributed by atoms with Gasteiger partial charge in [-0.3, -0.25) is 28.6 Å². The highest BCUT2D eigenvalue weighted by Crippen LogP contribution is 2.41. The number of rotatable bonds is 10. The second-order valence-corrected chi connectivity index (χ2v) is 11.7. The highest BCUT2D eigenvalue weighted by molar-refractivity contribution is 8.02. The number of aromatic amines is 1. The van der Waals surface area contributed by atoms with E-state index in [4.69, 9.17) is 10.6 Å². The van der Waals surface area contributed by atoms with Crippen LogP contribution in [0.2, 0.25) is 0 Å². The van der Waals surface area contributed by atoms with Gasteiger partial charge in [0.2, 0.25) is 0 Å². The zero-order valence-electron chi connectivity index (χ0n) is 22.1. The van der Waals surface area contributed by atoms with Gasteiger partial charge >= 0.3 is 17.1 Å². The number of H-pyrrole nitrogens is 1. The van der Waals surface area contributed by atoms with E-state index in [0.29, 0.717) is 5.57 Å². The quantitative estimate of drug-likeness (QED) is 0.0778. The van der Waals surface area contributed by atoms with E-state index in [1.54, 1.807) is 24.3 Å². The molecule has 18 heteroatoms. The molecule has 0 aliphatic carbocycles. The number of nitrogens with two attached hydrogens (primary N) is 1. The van der Waals surface area contributed by atoms with E-state index in [1.807, 2.05) is 6.07 Å². The third kappa shape index (κ3) is 6.11. The smallest absolute Gasteiger partial charge is 0.352 e. The predicted octanol–water partition coefficient (Wildman–Crippen LogP) is 0.414. The van der Waals surface area contributed by atoms with Crippen molar-refractivity contribution in [3.05, 3.63) is 90.4 Å². The molecule has 2 aliphatic heterocycles. The van der Waals surface area contributed by atoms with E-state index < -0.39 is 40.3 Å². The third-order valence-corrected chi connectivity index (χ3v) is 8.97. The van der Waals surface area contributed by atoms with E-state index >= 15 is 0 Å². The first kappa shape index (κ1) is 29.8. The minimum Gasteiger partial charge on any atom is -0.477 e. The lowest BCUT2D eigenvalue weighted by Crippen LogP contribution is -2.71. The monoisotopic (exact) mass is 642 g/mol. The first-order valence-corrected chi connectivity index (χ1v) is 15.1. The van der Waals surface area contributed by atoms with E-state index in [1.165, 1.54) is 40.3 Å². The summed E-state index contributed by atoms with van der Waals surface area (Å²) in [5, 5.41) is 25.2. The van der Waals surface area contributed by atoms with Crippen LogP contribution in [0.1, 0.15) is 11.3 Å². The average molecular weight is 643 g/mol. The van der Waals surface area contributed by atoms with Crippen LogP contribution in [0, 0.1) is 0 Å².